The van der Waals surface area contributed by atoms with Crippen LogP contribution in [0.5, 0.6) is 11.5 Å². The van der Waals surface area contributed by atoms with Gasteiger partial charge in [-0.1, -0.05) is 24.3 Å². The first-order valence-corrected chi connectivity index (χ1v) is 7.83. The lowest BCUT2D eigenvalue weighted by Gasteiger charge is -2.14. The SMILES string of the molecule is CC(C)Oc1ccc(C(C=O)Cc2ccc(OC(F)(F)F)cc2)cc1. The molecule has 0 saturated carbocycles. The minimum absolute atomic E-state index is 0.0603. The molecule has 6 heteroatoms. The molecule has 0 saturated heterocycles. The first-order chi connectivity index (χ1) is 11.8. The Bertz CT molecular complexity index is 677. The number of rotatable bonds is 7. The molecule has 1 atom stereocenters. The average Bonchev–Trinajstić information content (AvgIpc) is 2.53. The van der Waals surface area contributed by atoms with E-state index in [4.69, 9.17) is 4.74 Å². The molecule has 0 amide bonds. The molecule has 0 N–H and O–H groups in total. The lowest BCUT2D eigenvalue weighted by Crippen LogP contribution is -2.17. The highest BCUT2D eigenvalue weighted by Crippen LogP contribution is 2.26. The van der Waals surface area contributed by atoms with Crippen LogP contribution in [0.15, 0.2) is 48.5 Å². The third-order valence-electron chi connectivity index (χ3n) is 3.46. The molecular formula is C19H19F3O3. The Morgan fingerprint density at radius 3 is 2.00 bits per heavy atom. The molecule has 0 aliphatic carbocycles. The highest BCUT2D eigenvalue weighted by atomic mass is 19.4. The number of halogens is 3. The zero-order valence-electron chi connectivity index (χ0n) is 13.9. The van der Waals surface area contributed by atoms with E-state index in [-0.39, 0.29) is 17.8 Å². The van der Waals surface area contributed by atoms with Crippen LogP contribution in [0.2, 0.25) is 0 Å². The molecule has 134 valence electrons. The summed E-state index contributed by atoms with van der Waals surface area (Å²) in [5.74, 6) is 0.0497. The molecular weight excluding hydrogens is 333 g/mol. The van der Waals surface area contributed by atoms with E-state index in [1.807, 2.05) is 26.0 Å². The lowest BCUT2D eigenvalue weighted by molar-refractivity contribution is -0.274. The third kappa shape index (κ3) is 6.14. The highest BCUT2D eigenvalue weighted by molar-refractivity contribution is 5.63. The maximum atomic E-state index is 12.2. The van der Waals surface area contributed by atoms with Gasteiger partial charge in [-0.05, 0) is 55.7 Å². The number of ether oxygens (including phenoxy) is 2. The van der Waals surface area contributed by atoms with E-state index in [1.165, 1.54) is 24.3 Å². The van der Waals surface area contributed by atoms with Crippen molar-refractivity contribution in [1.82, 2.24) is 0 Å². The molecule has 0 spiro atoms. The zero-order chi connectivity index (χ0) is 18.4. The smallest absolute Gasteiger partial charge is 0.491 e. The topological polar surface area (TPSA) is 35.5 Å². The summed E-state index contributed by atoms with van der Waals surface area (Å²) in [6, 6.07) is 12.8. The summed E-state index contributed by atoms with van der Waals surface area (Å²) in [5.41, 5.74) is 1.57. The molecule has 0 aliphatic heterocycles. The van der Waals surface area contributed by atoms with E-state index in [0.29, 0.717) is 6.42 Å². The van der Waals surface area contributed by atoms with Crippen LogP contribution in [0.1, 0.15) is 30.9 Å². The number of alkyl halides is 3. The van der Waals surface area contributed by atoms with Gasteiger partial charge in [0.15, 0.2) is 0 Å². The molecule has 0 fully saturated rings. The summed E-state index contributed by atoms with van der Waals surface area (Å²) < 4.78 is 45.9. The normalized spacial score (nSPS) is 12.7. The first kappa shape index (κ1) is 18.8. The predicted molar refractivity (Wildman–Crippen MR) is 87.8 cm³/mol. The Hall–Kier alpha value is -2.50. The van der Waals surface area contributed by atoms with Gasteiger partial charge in [0.05, 0.1) is 6.10 Å². The van der Waals surface area contributed by atoms with Crippen LogP contribution in [0.4, 0.5) is 13.2 Å². The predicted octanol–water partition coefficient (Wildman–Crippen LogP) is 4.90. The van der Waals surface area contributed by atoms with Crippen LogP contribution in [-0.2, 0) is 11.2 Å². The van der Waals surface area contributed by atoms with Crippen LogP contribution < -0.4 is 9.47 Å². The van der Waals surface area contributed by atoms with Crippen molar-refractivity contribution in [3.05, 3.63) is 59.7 Å². The molecule has 0 aromatic heterocycles. The standard InChI is InChI=1S/C19H19F3O3/c1-13(2)24-17-9-5-15(6-10-17)16(12-23)11-14-3-7-18(8-4-14)25-19(20,21)22/h3-10,12-13,16H,11H2,1-2H3. The highest BCUT2D eigenvalue weighted by Gasteiger charge is 2.30. The van der Waals surface area contributed by atoms with Gasteiger partial charge in [-0.2, -0.15) is 0 Å². The minimum atomic E-state index is -4.72. The van der Waals surface area contributed by atoms with Crippen molar-refractivity contribution >= 4 is 6.29 Å². The fourth-order valence-electron chi connectivity index (χ4n) is 2.39. The third-order valence-corrected chi connectivity index (χ3v) is 3.46. The molecule has 0 aliphatic rings. The van der Waals surface area contributed by atoms with Crippen molar-refractivity contribution in [2.24, 2.45) is 0 Å². The number of carbonyl (C=O) groups is 1. The molecule has 3 nitrogen and oxygen atoms in total. The monoisotopic (exact) mass is 352 g/mol. The largest absolute Gasteiger partial charge is 0.573 e. The molecule has 2 aromatic carbocycles. The van der Waals surface area contributed by atoms with Crippen molar-refractivity contribution < 1.29 is 27.4 Å². The summed E-state index contributed by atoms with van der Waals surface area (Å²) in [6.45, 7) is 3.85. The van der Waals surface area contributed by atoms with Gasteiger partial charge in [-0.3, -0.25) is 0 Å². The summed E-state index contributed by atoms with van der Waals surface area (Å²) in [4.78, 5) is 11.4. The number of benzene rings is 2. The summed E-state index contributed by atoms with van der Waals surface area (Å²) in [6.07, 6.45) is -3.43. The second-order valence-electron chi connectivity index (χ2n) is 5.87. The Balaban J connectivity index is 2.05. The van der Waals surface area contributed by atoms with E-state index in [2.05, 4.69) is 4.74 Å². The van der Waals surface area contributed by atoms with E-state index in [9.17, 15) is 18.0 Å². The summed E-state index contributed by atoms with van der Waals surface area (Å²) in [5, 5.41) is 0. The maximum Gasteiger partial charge on any atom is 0.573 e. The van der Waals surface area contributed by atoms with Gasteiger partial charge in [0.25, 0.3) is 0 Å². The fourth-order valence-corrected chi connectivity index (χ4v) is 2.39. The Kier molecular flexibility index (Phi) is 6.07. The number of hydrogen-bond acceptors (Lipinski definition) is 3. The van der Waals surface area contributed by atoms with Crippen molar-refractivity contribution in [2.75, 3.05) is 0 Å². The molecule has 2 rings (SSSR count). The van der Waals surface area contributed by atoms with Gasteiger partial charge in [-0.25, -0.2) is 0 Å². The van der Waals surface area contributed by atoms with Gasteiger partial charge < -0.3 is 14.3 Å². The summed E-state index contributed by atoms with van der Waals surface area (Å²) >= 11 is 0. The van der Waals surface area contributed by atoms with Crippen LogP contribution >= 0.6 is 0 Å². The minimum Gasteiger partial charge on any atom is -0.491 e. The molecule has 0 radical (unpaired) electrons. The zero-order valence-corrected chi connectivity index (χ0v) is 13.9. The fraction of sp³-hybridized carbons (Fsp3) is 0.316. The number of aldehydes is 1. The lowest BCUT2D eigenvalue weighted by atomic mass is 9.93. The Morgan fingerprint density at radius 2 is 1.52 bits per heavy atom. The van der Waals surface area contributed by atoms with Crippen molar-refractivity contribution in [3.8, 4) is 11.5 Å². The quantitative estimate of drug-likeness (QED) is 0.665. The second kappa shape index (κ2) is 8.05. The molecule has 0 heterocycles. The van der Waals surface area contributed by atoms with Gasteiger partial charge in [0.2, 0.25) is 0 Å². The van der Waals surface area contributed by atoms with Gasteiger partial charge in [-0.15, -0.1) is 13.2 Å². The van der Waals surface area contributed by atoms with E-state index in [1.54, 1.807) is 12.1 Å². The average molecular weight is 352 g/mol. The second-order valence-corrected chi connectivity index (χ2v) is 5.87. The molecule has 25 heavy (non-hydrogen) atoms. The Morgan fingerprint density at radius 1 is 0.960 bits per heavy atom. The van der Waals surface area contributed by atoms with Gasteiger partial charge in [0.1, 0.15) is 17.8 Å². The molecule has 1 unspecified atom stereocenters. The van der Waals surface area contributed by atoms with Crippen molar-refractivity contribution in [2.45, 2.75) is 38.7 Å². The van der Waals surface area contributed by atoms with Crippen LogP contribution in [0.3, 0.4) is 0 Å². The number of hydrogen-bond donors (Lipinski definition) is 0. The van der Waals surface area contributed by atoms with E-state index < -0.39 is 6.36 Å². The summed E-state index contributed by atoms with van der Waals surface area (Å²) in [7, 11) is 0. The molecule has 0 bridgehead atoms. The first-order valence-electron chi connectivity index (χ1n) is 7.83. The van der Waals surface area contributed by atoms with Gasteiger partial charge in [0, 0.05) is 5.92 Å². The number of carbonyl (C=O) groups excluding carboxylic acids is 1. The van der Waals surface area contributed by atoms with Crippen LogP contribution in [0.25, 0.3) is 0 Å². The van der Waals surface area contributed by atoms with E-state index >= 15 is 0 Å². The van der Waals surface area contributed by atoms with Gasteiger partial charge >= 0.3 is 6.36 Å². The van der Waals surface area contributed by atoms with E-state index in [0.717, 1.165) is 23.2 Å². The van der Waals surface area contributed by atoms with Crippen molar-refractivity contribution in [1.29, 1.82) is 0 Å². The van der Waals surface area contributed by atoms with Crippen LogP contribution in [-0.4, -0.2) is 18.8 Å². The Labute approximate surface area is 144 Å². The maximum absolute atomic E-state index is 12.2. The van der Waals surface area contributed by atoms with Crippen LogP contribution in [0, 0.1) is 0 Å². The molecule has 2 aromatic rings. The van der Waals surface area contributed by atoms with Crippen molar-refractivity contribution in [3.63, 3.8) is 0 Å².